The van der Waals surface area contributed by atoms with Crippen LogP contribution in [-0.4, -0.2) is 62.8 Å². The summed E-state index contributed by atoms with van der Waals surface area (Å²) in [5.74, 6) is -0.935. The second-order valence-electron chi connectivity index (χ2n) is 5.60. The number of piperazine rings is 1. The number of rotatable bonds is 4. The average molecular weight is 367 g/mol. The van der Waals surface area contributed by atoms with Gasteiger partial charge < -0.3 is 24.0 Å². The van der Waals surface area contributed by atoms with Crippen LogP contribution in [0.15, 0.2) is 36.3 Å². The fraction of sp³-hybridized carbons (Fsp3) is 0.412. The Kier molecular flexibility index (Phi) is 5.65. The van der Waals surface area contributed by atoms with Crippen molar-refractivity contribution in [3.8, 4) is 0 Å². The lowest BCUT2D eigenvalue weighted by molar-refractivity contribution is -0.152. The molecule has 1 fully saturated rings. The molecule has 7 nitrogen and oxygen atoms in total. The van der Waals surface area contributed by atoms with Gasteiger partial charge >= 0.3 is 5.97 Å². The van der Waals surface area contributed by atoms with Gasteiger partial charge in [-0.05, 0) is 12.1 Å². The molecule has 0 saturated carbocycles. The number of amides is 1. The Hall–Kier alpha value is -2.41. The molecule has 0 aromatic heterocycles. The lowest BCUT2D eigenvalue weighted by Crippen LogP contribution is -2.50. The van der Waals surface area contributed by atoms with E-state index in [1.165, 1.54) is 6.26 Å². The number of ether oxygens (including phenoxy) is 3. The van der Waals surface area contributed by atoms with Crippen LogP contribution in [0.1, 0.15) is 0 Å². The van der Waals surface area contributed by atoms with Crippen LogP contribution in [0.4, 0.5) is 5.69 Å². The van der Waals surface area contributed by atoms with Gasteiger partial charge in [0.15, 0.2) is 6.61 Å². The summed E-state index contributed by atoms with van der Waals surface area (Å²) in [7, 11) is 0. The Balaban J connectivity index is 1.46. The van der Waals surface area contributed by atoms with Crippen LogP contribution < -0.4 is 4.90 Å². The average Bonchev–Trinajstić information content (AvgIpc) is 2.67. The number of hydrogen-bond acceptors (Lipinski definition) is 6. The minimum absolute atomic E-state index is 0.0115. The summed E-state index contributed by atoms with van der Waals surface area (Å²) in [5, 5.41) is 0.694. The van der Waals surface area contributed by atoms with Crippen LogP contribution in [0.2, 0.25) is 5.02 Å². The summed E-state index contributed by atoms with van der Waals surface area (Å²) in [6, 6.07) is 7.63. The van der Waals surface area contributed by atoms with Gasteiger partial charge in [0, 0.05) is 26.2 Å². The van der Waals surface area contributed by atoms with Gasteiger partial charge in [0.1, 0.15) is 19.5 Å². The number of carbonyl (C=O) groups excluding carboxylic acids is 2. The van der Waals surface area contributed by atoms with Crippen molar-refractivity contribution in [1.82, 2.24) is 4.90 Å². The van der Waals surface area contributed by atoms with Gasteiger partial charge in [0.2, 0.25) is 5.76 Å². The monoisotopic (exact) mass is 366 g/mol. The zero-order valence-corrected chi connectivity index (χ0v) is 14.4. The molecule has 1 aromatic rings. The Labute approximate surface area is 150 Å². The van der Waals surface area contributed by atoms with E-state index in [0.29, 0.717) is 44.4 Å². The van der Waals surface area contributed by atoms with E-state index >= 15 is 0 Å². The van der Waals surface area contributed by atoms with Crippen molar-refractivity contribution in [2.75, 3.05) is 50.9 Å². The molecule has 1 amide bonds. The maximum Gasteiger partial charge on any atom is 0.377 e. The molecule has 0 bridgehead atoms. The topological polar surface area (TPSA) is 68.3 Å². The summed E-state index contributed by atoms with van der Waals surface area (Å²) >= 11 is 6.21. The highest BCUT2D eigenvalue weighted by molar-refractivity contribution is 6.33. The fourth-order valence-electron chi connectivity index (χ4n) is 2.67. The summed E-state index contributed by atoms with van der Waals surface area (Å²) in [5.41, 5.74) is 0.962. The largest absolute Gasteiger partial charge is 0.493 e. The van der Waals surface area contributed by atoms with Crippen molar-refractivity contribution >= 4 is 29.2 Å². The summed E-state index contributed by atoms with van der Waals surface area (Å²) in [6.45, 7) is 2.81. The lowest BCUT2D eigenvalue weighted by Gasteiger charge is -2.36. The smallest absolute Gasteiger partial charge is 0.377 e. The molecule has 0 radical (unpaired) electrons. The van der Waals surface area contributed by atoms with Gasteiger partial charge in [-0.3, -0.25) is 4.79 Å². The highest BCUT2D eigenvalue weighted by Crippen LogP contribution is 2.26. The van der Waals surface area contributed by atoms with Crippen LogP contribution in [0.25, 0.3) is 0 Å². The number of anilines is 1. The number of nitrogens with zero attached hydrogens (tertiary/aromatic N) is 2. The number of benzene rings is 1. The first-order valence-corrected chi connectivity index (χ1v) is 8.42. The van der Waals surface area contributed by atoms with E-state index in [2.05, 4.69) is 4.90 Å². The fourth-order valence-corrected chi connectivity index (χ4v) is 2.93. The molecule has 3 rings (SSSR count). The van der Waals surface area contributed by atoms with E-state index in [0.717, 1.165) is 5.69 Å². The highest BCUT2D eigenvalue weighted by Gasteiger charge is 2.24. The van der Waals surface area contributed by atoms with Gasteiger partial charge in [-0.25, -0.2) is 4.79 Å². The molecule has 0 aliphatic carbocycles. The van der Waals surface area contributed by atoms with E-state index < -0.39 is 5.97 Å². The Bertz CT molecular complexity index is 671. The third-order valence-corrected chi connectivity index (χ3v) is 4.32. The van der Waals surface area contributed by atoms with Crippen LogP contribution in [-0.2, 0) is 23.8 Å². The van der Waals surface area contributed by atoms with Gasteiger partial charge in [0.25, 0.3) is 5.91 Å². The minimum atomic E-state index is -0.692. The molecule has 0 spiro atoms. The van der Waals surface area contributed by atoms with Crippen molar-refractivity contribution in [2.24, 2.45) is 0 Å². The molecular weight excluding hydrogens is 348 g/mol. The molecule has 25 heavy (non-hydrogen) atoms. The predicted octanol–water partition coefficient (Wildman–Crippen LogP) is 1.42. The molecule has 2 heterocycles. The second kappa shape index (κ2) is 8.11. The van der Waals surface area contributed by atoms with Crippen molar-refractivity contribution in [1.29, 1.82) is 0 Å². The molecule has 2 aliphatic rings. The first kappa shape index (κ1) is 17.4. The van der Waals surface area contributed by atoms with E-state index in [9.17, 15) is 9.59 Å². The molecule has 1 saturated heterocycles. The molecule has 0 N–H and O–H groups in total. The number of carbonyl (C=O) groups is 2. The molecule has 0 unspecified atom stereocenters. The van der Waals surface area contributed by atoms with E-state index in [1.807, 2.05) is 24.3 Å². The zero-order chi connectivity index (χ0) is 17.6. The maximum absolute atomic E-state index is 12.2. The molecule has 134 valence electrons. The van der Waals surface area contributed by atoms with Gasteiger partial charge in [-0.1, -0.05) is 23.7 Å². The molecule has 8 heteroatoms. The minimum Gasteiger partial charge on any atom is -0.493 e. The van der Waals surface area contributed by atoms with Gasteiger partial charge in [0.05, 0.1) is 10.7 Å². The Morgan fingerprint density at radius 1 is 1.12 bits per heavy atom. The quantitative estimate of drug-likeness (QED) is 0.751. The predicted molar refractivity (Wildman–Crippen MR) is 91.2 cm³/mol. The maximum atomic E-state index is 12.2. The van der Waals surface area contributed by atoms with Crippen molar-refractivity contribution in [3.63, 3.8) is 0 Å². The van der Waals surface area contributed by atoms with Crippen LogP contribution in [0, 0.1) is 0 Å². The summed E-state index contributed by atoms with van der Waals surface area (Å²) < 4.78 is 15.1. The van der Waals surface area contributed by atoms with Crippen LogP contribution >= 0.6 is 11.6 Å². The van der Waals surface area contributed by atoms with Crippen LogP contribution in [0.3, 0.4) is 0 Å². The number of halogens is 1. The standard InChI is InChI=1S/C17H19ClN2O5/c18-13-3-1-2-4-14(13)19-5-7-20(8-6-19)16(21)12-25-17(22)15-11-23-9-10-24-15/h1-4,11H,5-10,12H2. The number of hydrogen-bond donors (Lipinski definition) is 0. The first-order chi connectivity index (χ1) is 12.1. The highest BCUT2D eigenvalue weighted by atomic mass is 35.5. The molecular formula is C17H19ClN2O5. The number of esters is 1. The zero-order valence-electron chi connectivity index (χ0n) is 13.7. The third-order valence-electron chi connectivity index (χ3n) is 4.00. The van der Waals surface area contributed by atoms with Gasteiger partial charge in [-0.2, -0.15) is 0 Å². The Morgan fingerprint density at radius 3 is 2.56 bits per heavy atom. The van der Waals surface area contributed by atoms with E-state index in [4.69, 9.17) is 25.8 Å². The van der Waals surface area contributed by atoms with Crippen molar-refractivity contribution in [2.45, 2.75) is 0 Å². The molecule has 1 aromatic carbocycles. The molecule has 0 atom stereocenters. The first-order valence-electron chi connectivity index (χ1n) is 8.04. The van der Waals surface area contributed by atoms with E-state index in [-0.39, 0.29) is 18.3 Å². The third kappa shape index (κ3) is 4.36. The SMILES string of the molecule is O=C(OCC(=O)N1CCN(c2ccccc2Cl)CC1)C1=COCCO1. The second-order valence-corrected chi connectivity index (χ2v) is 6.00. The van der Waals surface area contributed by atoms with Crippen molar-refractivity contribution < 1.29 is 23.8 Å². The lowest BCUT2D eigenvalue weighted by atomic mass is 10.2. The normalized spacial score (nSPS) is 17.2. The summed E-state index contributed by atoms with van der Waals surface area (Å²) in [6.07, 6.45) is 1.21. The van der Waals surface area contributed by atoms with E-state index in [1.54, 1.807) is 4.90 Å². The Morgan fingerprint density at radius 2 is 1.88 bits per heavy atom. The van der Waals surface area contributed by atoms with Crippen LogP contribution in [0.5, 0.6) is 0 Å². The summed E-state index contributed by atoms with van der Waals surface area (Å²) in [4.78, 5) is 27.8. The van der Waals surface area contributed by atoms with Gasteiger partial charge in [-0.15, -0.1) is 0 Å². The van der Waals surface area contributed by atoms with Crippen molar-refractivity contribution in [3.05, 3.63) is 41.3 Å². The molecule has 2 aliphatic heterocycles. The number of para-hydroxylation sites is 1.